The number of nitrogens with one attached hydrogen (secondary N) is 1. The molecule has 0 bridgehead atoms. The molecule has 0 saturated carbocycles. The first-order valence-electron chi connectivity index (χ1n) is 4.96. The fourth-order valence-corrected chi connectivity index (χ4v) is 1.68. The normalized spacial score (nSPS) is 12.0. The van der Waals surface area contributed by atoms with Crippen LogP contribution in [0, 0.1) is 0 Å². The molecule has 3 nitrogen and oxygen atoms in total. The lowest BCUT2D eigenvalue weighted by atomic mass is 10.1. The summed E-state index contributed by atoms with van der Waals surface area (Å²) in [5, 5.41) is 9.45. The fraction of sp³-hybridized carbons (Fsp3) is 0.273. The maximum Gasteiger partial charge on any atom is 0.573 e. The van der Waals surface area contributed by atoms with E-state index in [9.17, 15) is 13.2 Å². The summed E-state index contributed by atoms with van der Waals surface area (Å²) in [6, 6.07) is 4.07. The minimum atomic E-state index is -4.69. The van der Waals surface area contributed by atoms with Crippen molar-refractivity contribution in [3.63, 3.8) is 0 Å². The van der Waals surface area contributed by atoms with Crippen LogP contribution in [0.3, 0.4) is 0 Å². The van der Waals surface area contributed by atoms with Gasteiger partial charge in [-0.1, -0.05) is 0 Å². The first kappa shape index (κ1) is 11.8. The van der Waals surface area contributed by atoms with Crippen LogP contribution in [-0.2, 0) is 6.42 Å². The van der Waals surface area contributed by atoms with E-state index in [0.717, 1.165) is 5.56 Å². The highest BCUT2D eigenvalue weighted by Gasteiger charge is 2.31. The molecule has 0 radical (unpaired) electrons. The largest absolute Gasteiger partial charge is 0.573 e. The van der Waals surface area contributed by atoms with Gasteiger partial charge in [-0.3, -0.25) is 0 Å². The quantitative estimate of drug-likeness (QED) is 0.873. The Kier molecular flexibility index (Phi) is 2.97. The minimum Gasteiger partial charge on any atom is -0.406 e. The third kappa shape index (κ3) is 2.71. The molecule has 1 heterocycles. The Hall–Kier alpha value is -1.69. The number of hydrogen-bond acceptors (Lipinski definition) is 2. The molecule has 0 aliphatic heterocycles. The van der Waals surface area contributed by atoms with Crippen LogP contribution in [0.1, 0.15) is 5.56 Å². The fourth-order valence-electron chi connectivity index (χ4n) is 1.68. The molecular weight excluding hydrogens is 235 g/mol. The highest BCUT2D eigenvalue weighted by Crippen LogP contribution is 2.28. The van der Waals surface area contributed by atoms with Gasteiger partial charge in [-0.15, -0.1) is 13.2 Å². The van der Waals surface area contributed by atoms with E-state index in [-0.39, 0.29) is 12.4 Å². The van der Waals surface area contributed by atoms with Crippen LogP contribution in [0.25, 0.3) is 10.9 Å². The average molecular weight is 245 g/mol. The number of aromatic nitrogens is 1. The summed E-state index contributed by atoms with van der Waals surface area (Å²) in [4.78, 5) is 2.92. The monoisotopic (exact) mass is 245 g/mol. The zero-order valence-electron chi connectivity index (χ0n) is 8.71. The van der Waals surface area contributed by atoms with Crippen molar-refractivity contribution in [2.45, 2.75) is 12.8 Å². The minimum absolute atomic E-state index is 0.0582. The first-order chi connectivity index (χ1) is 7.99. The van der Waals surface area contributed by atoms with E-state index < -0.39 is 6.36 Å². The van der Waals surface area contributed by atoms with Crippen LogP contribution in [-0.4, -0.2) is 23.1 Å². The second-order valence-electron chi connectivity index (χ2n) is 3.54. The lowest BCUT2D eigenvalue weighted by Gasteiger charge is -2.08. The number of alkyl halides is 3. The summed E-state index contributed by atoms with van der Waals surface area (Å²) >= 11 is 0. The van der Waals surface area contributed by atoms with Crippen LogP contribution in [0.15, 0.2) is 24.4 Å². The van der Waals surface area contributed by atoms with E-state index in [0.29, 0.717) is 17.3 Å². The van der Waals surface area contributed by atoms with Crippen molar-refractivity contribution < 1.29 is 23.0 Å². The second-order valence-corrected chi connectivity index (χ2v) is 3.54. The van der Waals surface area contributed by atoms with Gasteiger partial charge in [-0.2, -0.15) is 0 Å². The molecule has 0 aliphatic carbocycles. The Balaban J connectivity index is 2.37. The summed E-state index contributed by atoms with van der Waals surface area (Å²) in [5.74, 6) is -0.260. The number of aromatic amines is 1. The van der Waals surface area contributed by atoms with E-state index >= 15 is 0 Å². The van der Waals surface area contributed by atoms with Crippen molar-refractivity contribution in [3.8, 4) is 5.75 Å². The number of aliphatic hydroxyl groups excluding tert-OH is 1. The van der Waals surface area contributed by atoms with Crippen LogP contribution < -0.4 is 4.74 Å². The third-order valence-electron chi connectivity index (χ3n) is 2.35. The molecule has 92 valence electrons. The lowest BCUT2D eigenvalue weighted by molar-refractivity contribution is -0.274. The molecule has 6 heteroatoms. The molecule has 0 aliphatic rings. The Morgan fingerprint density at radius 3 is 2.71 bits per heavy atom. The zero-order chi connectivity index (χ0) is 12.5. The number of fused-ring (bicyclic) bond motifs is 1. The number of aliphatic hydroxyl groups is 1. The molecule has 0 spiro atoms. The maximum atomic E-state index is 12.0. The highest BCUT2D eigenvalue weighted by molar-refractivity contribution is 5.84. The summed E-state index contributed by atoms with van der Waals surface area (Å²) < 4.78 is 40.0. The first-order valence-corrected chi connectivity index (χ1v) is 4.96. The molecule has 0 atom stereocenters. The van der Waals surface area contributed by atoms with E-state index in [1.54, 1.807) is 6.20 Å². The van der Waals surface area contributed by atoms with Gasteiger partial charge >= 0.3 is 6.36 Å². The van der Waals surface area contributed by atoms with Gasteiger partial charge in [0.2, 0.25) is 0 Å². The summed E-state index contributed by atoms with van der Waals surface area (Å²) in [7, 11) is 0. The smallest absolute Gasteiger partial charge is 0.406 e. The summed E-state index contributed by atoms with van der Waals surface area (Å²) in [5.41, 5.74) is 1.47. The zero-order valence-corrected chi connectivity index (χ0v) is 8.71. The van der Waals surface area contributed by atoms with Crippen molar-refractivity contribution in [1.29, 1.82) is 0 Å². The van der Waals surface area contributed by atoms with Crippen LogP contribution in [0.2, 0.25) is 0 Å². The Bertz CT molecular complexity index is 519. The SMILES string of the molecule is OCCc1c[nH]c2ccc(OC(F)(F)F)cc12. The molecule has 2 N–H and O–H groups in total. The van der Waals surface area contributed by atoms with Crippen molar-refractivity contribution in [2.24, 2.45) is 0 Å². The van der Waals surface area contributed by atoms with Crippen molar-refractivity contribution in [3.05, 3.63) is 30.0 Å². The number of rotatable bonds is 3. The van der Waals surface area contributed by atoms with Crippen LogP contribution in [0.4, 0.5) is 13.2 Å². The van der Waals surface area contributed by atoms with E-state index in [2.05, 4.69) is 9.72 Å². The van der Waals surface area contributed by atoms with Crippen LogP contribution >= 0.6 is 0 Å². The van der Waals surface area contributed by atoms with Crippen LogP contribution in [0.5, 0.6) is 5.75 Å². The summed E-state index contributed by atoms with van der Waals surface area (Å²) in [6.07, 6.45) is -2.64. The predicted molar refractivity (Wildman–Crippen MR) is 55.8 cm³/mol. The Morgan fingerprint density at radius 2 is 2.06 bits per heavy atom. The van der Waals surface area contributed by atoms with Crippen molar-refractivity contribution in [1.82, 2.24) is 4.98 Å². The number of H-pyrrole nitrogens is 1. The van der Waals surface area contributed by atoms with Crippen molar-refractivity contribution >= 4 is 10.9 Å². The van der Waals surface area contributed by atoms with Gasteiger partial charge in [0.25, 0.3) is 0 Å². The average Bonchev–Trinajstić information content (AvgIpc) is 2.59. The molecule has 2 aromatic rings. The van der Waals surface area contributed by atoms with Gasteiger partial charge < -0.3 is 14.8 Å². The second kappa shape index (κ2) is 4.29. The summed E-state index contributed by atoms with van der Waals surface area (Å²) in [6.45, 7) is -0.0582. The molecular formula is C11H10F3NO2. The molecule has 1 aromatic heterocycles. The van der Waals surface area contributed by atoms with E-state index in [4.69, 9.17) is 5.11 Å². The third-order valence-corrected chi connectivity index (χ3v) is 2.35. The Morgan fingerprint density at radius 1 is 1.29 bits per heavy atom. The number of halogens is 3. The van der Waals surface area contributed by atoms with Gasteiger partial charge in [0.1, 0.15) is 5.75 Å². The van der Waals surface area contributed by atoms with Gasteiger partial charge in [-0.25, -0.2) is 0 Å². The maximum absolute atomic E-state index is 12.0. The molecule has 2 rings (SSSR count). The van der Waals surface area contributed by atoms with Gasteiger partial charge in [-0.05, 0) is 30.2 Å². The number of hydrogen-bond donors (Lipinski definition) is 2. The highest BCUT2D eigenvalue weighted by atomic mass is 19.4. The Labute approximate surface area is 94.8 Å². The van der Waals surface area contributed by atoms with E-state index in [1.807, 2.05) is 0 Å². The number of benzene rings is 1. The van der Waals surface area contributed by atoms with Gasteiger partial charge in [0.15, 0.2) is 0 Å². The standard InChI is InChI=1S/C11H10F3NO2/c12-11(13,14)17-8-1-2-10-9(5-8)7(3-4-16)6-15-10/h1-2,5-6,15-16H,3-4H2. The predicted octanol–water partition coefficient (Wildman–Crippen LogP) is 2.60. The molecule has 1 aromatic carbocycles. The van der Waals surface area contributed by atoms with Crippen molar-refractivity contribution in [2.75, 3.05) is 6.61 Å². The number of ether oxygens (including phenoxy) is 1. The van der Waals surface area contributed by atoms with Gasteiger partial charge in [0.05, 0.1) is 0 Å². The molecule has 0 saturated heterocycles. The topological polar surface area (TPSA) is 45.2 Å². The molecule has 0 amide bonds. The molecule has 17 heavy (non-hydrogen) atoms. The van der Waals surface area contributed by atoms with Gasteiger partial charge in [0, 0.05) is 23.7 Å². The lowest BCUT2D eigenvalue weighted by Crippen LogP contribution is -2.16. The molecule has 0 fully saturated rings. The van der Waals surface area contributed by atoms with E-state index in [1.165, 1.54) is 18.2 Å². The molecule has 0 unspecified atom stereocenters.